The monoisotopic (exact) mass is 293 g/mol. The van der Waals surface area contributed by atoms with Crippen LogP contribution in [0.15, 0.2) is 24.3 Å². The lowest BCUT2D eigenvalue weighted by Gasteiger charge is -2.13. The molecule has 0 radical (unpaired) electrons. The van der Waals surface area contributed by atoms with E-state index in [9.17, 15) is 19.7 Å². The fraction of sp³-hybridized carbons (Fsp3) is 0.429. The molecule has 1 rings (SSSR count). The van der Waals surface area contributed by atoms with Crippen molar-refractivity contribution in [3.8, 4) is 0 Å². The molecule has 1 atom stereocenters. The van der Waals surface area contributed by atoms with Crippen LogP contribution in [0.2, 0.25) is 0 Å². The van der Waals surface area contributed by atoms with Crippen molar-refractivity contribution >= 4 is 17.5 Å². The molecule has 0 saturated heterocycles. The number of nitrogens with zero attached hydrogens (tertiary/aromatic N) is 1. The number of carbonyl (C=O) groups excluding carboxylic acids is 2. The number of rotatable bonds is 7. The fourth-order valence-corrected chi connectivity index (χ4v) is 1.68. The van der Waals surface area contributed by atoms with Crippen LogP contribution in [-0.4, -0.2) is 29.3 Å². The zero-order valence-corrected chi connectivity index (χ0v) is 12.1. The maximum atomic E-state index is 11.8. The molecule has 0 heterocycles. The van der Waals surface area contributed by atoms with Crippen LogP contribution >= 0.6 is 0 Å². The van der Waals surface area contributed by atoms with Gasteiger partial charge in [0.05, 0.1) is 11.3 Å². The predicted octanol–water partition coefficient (Wildman–Crippen LogP) is 1.17. The molecule has 2 N–H and O–H groups in total. The first kappa shape index (κ1) is 16.6. The minimum absolute atomic E-state index is 0.0218. The maximum absolute atomic E-state index is 11.8. The van der Waals surface area contributed by atoms with Crippen LogP contribution in [0.1, 0.15) is 25.8 Å². The minimum atomic E-state index is -0.609. The predicted molar refractivity (Wildman–Crippen MR) is 77.7 cm³/mol. The average molecular weight is 293 g/mol. The van der Waals surface area contributed by atoms with Gasteiger partial charge in [-0.05, 0) is 18.9 Å². The molecule has 0 unspecified atom stereocenters. The molecule has 0 saturated carbocycles. The third kappa shape index (κ3) is 5.60. The lowest BCUT2D eigenvalue weighted by atomic mass is 10.1. The summed E-state index contributed by atoms with van der Waals surface area (Å²) < 4.78 is 0. The molecule has 7 nitrogen and oxygen atoms in total. The van der Waals surface area contributed by atoms with E-state index in [4.69, 9.17) is 0 Å². The Labute approximate surface area is 122 Å². The van der Waals surface area contributed by atoms with Gasteiger partial charge in [0.15, 0.2) is 0 Å². The Balaban J connectivity index is 2.49. The highest BCUT2D eigenvalue weighted by Crippen LogP contribution is 2.12. The normalized spacial score (nSPS) is 11.5. The van der Waals surface area contributed by atoms with Crippen LogP contribution < -0.4 is 10.6 Å². The van der Waals surface area contributed by atoms with Crippen molar-refractivity contribution in [2.75, 3.05) is 6.54 Å². The summed E-state index contributed by atoms with van der Waals surface area (Å²) in [5, 5.41) is 15.8. The zero-order valence-electron chi connectivity index (χ0n) is 12.1. The van der Waals surface area contributed by atoms with Gasteiger partial charge in [0, 0.05) is 18.7 Å². The Hall–Kier alpha value is -2.44. The molecule has 1 aromatic carbocycles. The van der Waals surface area contributed by atoms with Gasteiger partial charge in [0.25, 0.3) is 5.69 Å². The van der Waals surface area contributed by atoms with E-state index in [1.54, 1.807) is 6.92 Å². The van der Waals surface area contributed by atoms with Crippen molar-refractivity contribution in [3.05, 3.63) is 39.9 Å². The Kier molecular flexibility index (Phi) is 6.32. The number of hydrogen-bond acceptors (Lipinski definition) is 4. The number of benzene rings is 1. The molecule has 114 valence electrons. The second-order valence-electron chi connectivity index (χ2n) is 4.68. The third-order valence-corrected chi connectivity index (χ3v) is 2.83. The quantitative estimate of drug-likeness (QED) is 0.582. The molecule has 0 aliphatic rings. The van der Waals surface area contributed by atoms with Crippen molar-refractivity contribution < 1.29 is 14.5 Å². The van der Waals surface area contributed by atoms with Gasteiger partial charge in [0.1, 0.15) is 6.04 Å². The van der Waals surface area contributed by atoms with Crippen LogP contribution in [0.5, 0.6) is 0 Å². The Bertz CT molecular complexity index is 513. The summed E-state index contributed by atoms with van der Waals surface area (Å²) >= 11 is 0. The average Bonchev–Trinajstić information content (AvgIpc) is 2.45. The van der Waals surface area contributed by atoms with Gasteiger partial charge in [0.2, 0.25) is 11.8 Å². The summed E-state index contributed by atoms with van der Waals surface area (Å²) in [4.78, 5) is 33.4. The number of nitro groups is 1. The number of amides is 2. The van der Waals surface area contributed by atoms with Crippen molar-refractivity contribution in [1.29, 1.82) is 0 Å². The number of hydrogen-bond donors (Lipinski definition) is 2. The Morgan fingerprint density at radius 3 is 2.43 bits per heavy atom. The van der Waals surface area contributed by atoms with Gasteiger partial charge >= 0.3 is 0 Å². The second kappa shape index (κ2) is 7.98. The van der Waals surface area contributed by atoms with Crippen LogP contribution in [0.25, 0.3) is 0 Å². The number of nitrogens with one attached hydrogen (secondary N) is 2. The Morgan fingerprint density at radius 1 is 1.29 bits per heavy atom. The molecule has 0 spiro atoms. The summed E-state index contributed by atoms with van der Waals surface area (Å²) in [7, 11) is 0. The first-order valence-electron chi connectivity index (χ1n) is 6.74. The summed E-state index contributed by atoms with van der Waals surface area (Å²) in [6.45, 7) is 4.12. The highest BCUT2D eigenvalue weighted by molar-refractivity contribution is 5.88. The molecule has 0 bridgehead atoms. The van der Waals surface area contributed by atoms with Crippen molar-refractivity contribution in [2.45, 2.75) is 32.7 Å². The van der Waals surface area contributed by atoms with E-state index in [1.807, 2.05) is 6.92 Å². The molecule has 0 aliphatic carbocycles. The molecule has 0 aromatic heterocycles. The Morgan fingerprint density at radius 2 is 1.90 bits per heavy atom. The van der Waals surface area contributed by atoms with Crippen LogP contribution in [-0.2, 0) is 16.0 Å². The van der Waals surface area contributed by atoms with Gasteiger partial charge in [-0.2, -0.15) is 0 Å². The molecule has 1 aromatic rings. The van der Waals surface area contributed by atoms with Crippen molar-refractivity contribution in [1.82, 2.24) is 10.6 Å². The van der Waals surface area contributed by atoms with Gasteiger partial charge in [-0.25, -0.2) is 0 Å². The van der Waals surface area contributed by atoms with E-state index in [-0.39, 0.29) is 23.9 Å². The van der Waals surface area contributed by atoms with Gasteiger partial charge < -0.3 is 10.6 Å². The first-order valence-corrected chi connectivity index (χ1v) is 6.74. The minimum Gasteiger partial charge on any atom is -0.354 e. The third-order valence-electron chi connectivity index (χ3n) is 2.83. The van der Waals surface area contributed by atoms with Crippen molar-refractivity contribution in [3.63, 3.8) is 0 Å². The molecular weight excluding hydrogens is 274 g/mol. The summed E-state index contributed by atoms with van der Waals surface area (Å²) in [5.41, 5.74) is 0.630. The second-order valence-corrected chi connectivity index (χ2v) is 4.68. The number of nitro benzene ring substituents is 1. The lowest BCUT2D eigenvalue weighted by molar-refractivity contribution is -0.384. The van der Waals surface area contributed by atoms with E-state index in [0.29, 0.717) is 12.1 Å². The van der Waals surface area contributed by atoms with Crippen molar-refractivity contribution in [2.24, 2.45) is 0 Å². The largest absolute Gasteiger partial charge is 0.354 e. The van der Waals surface area contributed by atoms with Gasteiger partial charge in [-0.3, -0.25) is 19.7 Å². The molecule has 0 aliphatic heterocycles. The SMILES string of the molecule is CCCNC(=O)[C@@H](C)NC(=O)Cc1ccc([N+](=O)[O-])cc1. The van der Waals surface area contributed by atoms with Gasteiger partial charge in [-0.15, -0.1) is 0 Å². The van der Waals surface area contributed by atoms with Gasteiger partial charge in [-0.1, -0.05) is 19.1 Å². The fourth-order valence-electron chi connectivity index (χ4n) is 1.68. The number of carbonyl (C=O) groups is 2. The first-order chi connectivity index (χ1) is 9.93. The van der Waals surface area contributed by atoms with E-state index in [0.717, 1.165) is 6.42 Å². The standard InChI is InChI=1S/C14H19N3O4/c1-3-8-15-14(19)10(2)16-13(18)9-11-4-6-12(7-5-11)17(20)21/h4-7,10H,3,8-9H2,1-2H3,(H,15,19)(H,16,18)/t10-/m1/s1. The van der Waals surface area contributed by atoms with Crippen LogP contribution in [0.4, 0.5) is 5.69 Å². The summed E-state index contributed by atoms with van der Waals surface area (Å²) in [5.74, 6) is -0.531. The molecule has 7 heteroatoms. The maximum Gasteiger partial charge on any atom is 0.269 e. The van der Waals surface area contributed by atoms with E-state index >= 15 is 0 Å². The molecular formula is C14H19N3O4. The molecule has 21 heavy (non-hydrogen) atoms. The zero-order chi connectivity index (χ0) is 15.8. The molecule has 0 fully saturated rings. The van der Waals surface area contributed by atoms with Crippen LogP contribution in [0.3, 0.4) is 0 Å². The topological polar surface area (TPSA) is 101 Å². The molecule has 2 amide bonds. The van der Waals surface area contributed by atoms with E-state index < -0.39 is 11.0 Å². The van der Waals surface area contributed by atoms with E-state index in [2.05, 4.69) is 10.6 Å². The van der Waals surface area contributed by atoms with E-state index in [1.165, 1.54) is 24.3 Å². The summed E-state index contributed by atoms with van der Waals surface area (Å²) in [6, 6.07) is 5.14. The highest BCUT2D eigenvalue weighted by Gasteiger charge is 2.15. The van der Waals surface area contributed by atoms with Crippen LogP contribution in [0, 0.1) is 10.1 Å². The summed E-state index contributed by atoms with van der Waals surface area (Å²) in [6.07, 6.45) is 0.901. The smallest absolute Gasteiger partial charge is 0.269 e. The number of non-ortho nitro benzene ring substituents is 1. The lowest BCUT2D eigenvalue weighted by Crippen LogP contribution is -2.45. The highest BCUT2D eigenvalue weighted by atomic mass is 16.6.